The molecule has 1 aromatic carbocycles. The van der Waals surface area contributed by atoms with Crippen molar-refractivity contribution in [1.29, 1.82) is 0 Å². The third-order valence-corrected chi connectivity index (χ3v) is 8.46. The summed E-state index contributed by atoms with van der Waals surface area (Å²) in [6, 6.07) is 10.6. The summed E-state index contributed by atoms with van der Waals surface area (Å²) in [5, 5.41) is 6.23. The summed E-state index contributed by atoms with van der Waals surface area (Å²) < 4.78 is 14.3. The summed E-state index contributed by atoms with van der Waals surface area (Å²) >= 11 is 0. The third kappa shape index (κ3) is 2.52. The molecular formula is C23H31FN2O. The largest absolute Gasteiger partial charge is 0.350 e. The fourth-order valence-corrected chi connectivity index (χ4v) is 7.38. The van der Waals surface area contributed by atoms with Crippen molar-refractivity contribution in [3.05, 3.63) is 35.9 Å². The molecule has 6 atom stereocenters. The first-order valence-corrected chi connectivity index (χ1v) is 10.7. The molecule has 5 fully saturated rings. The molecule has 4 aliphatic carbocycles. The maximum atomic E-state index is 14.3. The van der Waals surface area contributed by atoms with Crippen molar-refractivity contribution in [2.75, 3.05) is 13.1 Å². The van der Waals surface area contributed by atoms with Gasteiger partial charge in [0, 0.05) is 6.54 Å². The first-order chi connectivity index (χ1) is 13.0. The van der Waals surface area contributed by atoms with Crippen molar-refractivity contribution in [3.63, 3.8) is 0 Å². The number of rotatable bonds is 4. The summed E-state index contributed by atoms with van der Waals surface area (Å²) in [7, 11) is 0. The van der Waals surface area contributed by atoms with Crippen molar-refractivity contribution in [2.45, 2.75) is 69.5 Å². The van der Waals surface area contributed by atoms with E-state index in [4.69, 9.17) is 0 Å². The Labute approximate surface area is 161 Å². The van der Waals surface area contributed by atoms with Gasteiger partial charge in [-0.25, -0.2) is 4.39 Å². The van der Waals surface area contributed by atoms with Gasteiger partial charge in [-0.05, 0) is 67.4 Å². The molecule has 1 aliphatic heterocycles. The first kappa shape index (κ1) is 17.7. The van der Waals surface area contributed by atoms with Crippen LogP contribution in [0.5, 0.6) is 0 Å². The zero-order chi connectivity index (χ0) is 18.7. The maximum Gasteiger partial charge on any atom is 0.226 e. The van der Waals surface area contributed by atoms with E-state index in [1.54, 1.807) is 0 Å². The molecular weight excluding hydrogens is 339 g/mol. The van der Waals surface area contributed by atoms with E-state index in [1.165, 1.54) is 18.4 Å². The van der Waals surface area contributed by atoms with Crippen LogP contribution >= 0.6 is 0 Å². The lowest BCUT2D eigenvalue weighted by atomic mass is 9.57. The number of carbonyl (C=O) groups excluding carboxylic acids is 1. The summed E-state index contributed by atoms with van der Waals surface area (Å²) in [6.07, 6.45) is 6.27. The van der Waals surface area contributed by atoms with Gasteiger partial charge in [0.25, 0.3) is 0 Å². The fraction of sp³-hybridized carbons (Fsp3) is 0.696. The van der Waals surface area contributed by atoms with Crippen LogP contribution in [0.1, 0.15) is 57.4 Å². The lowest BCUT2D eigenvalue weighted by Gasteiger charge is -2.47. The van der Waals surface area contributed by atoms with Crippen LogP contribution in [-0.2, 0) is 10.2 Å². The molecule has 3 nitrogen and oxygen atoms in total. The van der Waals surface area contributed by atoms with Crippen LogP contribution in [-0.4, -0.2) is 31.2 Å². The van der Waals surface area contributed by atoms with E-state index in [0.717, 1.165) is 32.2 Å². The Bertz CT molecular complexity index is 739. The number of nitrogens with one attached hydrogen (secondary N) is 2. The van der Waals surface area contributed by atoms with Crippen molar-refractivity contribution >= 4 is 5.91 Å². The molecule has 4 saturated carbocycles. The second-order valence-corrected chi connectivity index (χ2v) is 9.88. The summed E-state index contributed by atoms with van der Waals surface area (Å²) in [6.45, 7) is 3.43. The molecule has 4 bridgehead atoms. The van der Waals surface area contributed by atoms with Crippen molar-refractivity contribution in [3.8, 4) is 0 Å². The van der Waals surface area contributed by atoms with Gasteiger partial charge in [-0.15, -0.1) is 0 Å². The normalized spacial score (nSPS) is 45.2. The van der Waals surface area contributed by atoms with E-state index in [-0.39, 0.29) is 28.2 Å². The average molecular weight is 371 g/mol. The molecule has 4 heteroatoms. The average Bonchev–Trinajstić information content (AvgIpc) is 3.06. The number of hydrogen-bond donors (Lipinski definition) is 2. The first-order valence-electron chi connectivity index (χ1n) is 10.7. The molecule has 146 valence electrons. The molecule has 0 radical (unpaired) electrons. The third-order valence-electron chi connectivity index (χ3n) is 8.46. The lowest BCUT2D eigenvalue weighted by molar-refractivity contribution is -0.137. The van der Waals surface area contributed by atoms with Gasteiger partial charge in [0.2, 0.25) is 5.91 Å². The Morgan fingerprint density at radius 3 is 2.78 bits per heavy atom. The van der Waals surface area contributed by atoms with Crippen LogP contribution in [0.25, 0.3) is 0 Å². The number of halogens is 1. The Morgan fingerprint density at radius 2 is 2.04 bits per heavy atom. The van der Waals surface area contributed by atoms with Crippen LogP contribution in [0.3, 0.4) is 0 Å². The quantitative estimate of drug-likeness (QED) is 0.848. The number of amides is 1. The molecule has 2 N–H and O–H groups in total. The minimum Gasteiger partial charge on any atom is -0.350 e. The SMILES string of the molecule is CCC12CC3CC(C(=O)N[C@@H]4CCNC[C@H]4F)(C1)CC3(c1ccccc1)C2. The molecule has 27 heavy (non-hydrogen) atoms. The standard InChI is InChI=1S/C23H31FN2O/c1-2-21-10-17-11-22(13-21,20(27)26-19-8-9-25-12-18(19)24)15-23(17,14-21)16-6-4-3-5-7-16/h3-7,17-19,25H,2,8-15H2,1H3,(H,26,27)/t17?,18-,19-,21?,22?,23?/m1/s1. The summed E-state index contributed by atoms with van der Waals surface area (Å²) in [5.41, 5.74) is 1.57. The Balaban J connectivity index is 1.46. The highest BCUT2D eigenvalue weighted by Crippen LogP contribution is 2.75. The molecule has 5 aliphatic rings. The topological polar surface area (TPSA) is 41.1 Å². The van der Waals surface area contributed by atoms with Gasteiger partial charge in [0.05, 0.1) is 11.5 Å². The molecule has 0 spiro atoms. The number of hydrogen-bond acceptors (Lipinski definition) is 2. The number of piperidine rings is 1. The highest BCUT2D eigenvalue weighted by Gasteiger charge is 2.71. The minimum absolute atomic E-state index is 0.136. The molecule has 1 aromatic rings. The van der Waals surface area contributed by atoms with Crippen LogP contribution in [0.15, 0.2) is 30.3 Å². The van der Waals surface area contributed by atoms with Gasteiger partial charge < -0.3 is 10.6 Å². The van der Waals surface area contributed by atoms with Crippen LogP contribution in [0.4, 0.5) is 4.39 Å². The zero-order valence-corrected chi connectivity index (χ0v) is 16.3. The van der Waals surface area contributed by atoms with Crippen LogP contribution in [0.2, 0.25) is 0 Å². The highest BCUT2D eigenvalue weighted by atomic mass is 19.1. The lowest BCUT2D eigenvalue weighted by Crippen LogP contribution is -2.56. The van der Waals surface area contributed by atoms with Gasteiger partial charge in [-0.3, -0.25) is 4.79 Å². The maximum absolute atomic E-state index is 14.3. The van der Waals surface area contributed by atoms with E-state index in [0.29, 0.717) is 18.9 Å². The predicted octanol–water partition coefficient (Wildman–Crippen LogP) is 3.73. The molecule has 6 rings (SSSR count). The fourth-order valence-electron chi connectivity index (χ4n) is 7.38. The predicted molar refractivity (Wildman–Crippen MR) is 104 cm³/mol. The second-order valence-electron chi connectivity index (χ2n) is 9.88. The van der Waals surface area contributed by atoms with Crippen LogP contribution < -0.4 is 10.6 Å². The van der Waals surface area contributed by atoms with E-state index < -0.39 is 6.17 Å². The molecule has 1 amide bonds. The van der Waals surface area contributed by atoms with E-state index in [2.05, 4.69) is 47.9 Å². The number of benzene rings is 1. The Hall–Kier alpha value is -1.42. The van der Waals surface area contributed by atoms with Gasteiger partial charge in [0.1, 0.15) is 6.17 Å². The smallest absolute Gasteiger partial charge is 0.226 e. The highest BCUT2D eigenvalue weighted by molar-refractivity contribution is 5.84. The molecule has 1 heterocycles. The summed E-state index contributed by atoms with van der Waals surface area (Å²) in [4.78, 5) is 13.5. The minimum atomic E-state index is -0.974. The van der Waals surface area contributed by atoms with Gasteiger partial charge in [0.15, 0.2) is 0 Å². The molecule has 4 unspecified atom stereocenters. The summed E-state index contributed by atoms with van der Waals surface area (Å²) in [5.74, 6) is 0.727. The monoisotopic (exact) mass is 370 g/mol. The van der Waals surface area contributed by atoms with Crippen molar-refractivity contribution in [1.82, 2.24) is 10.6 Å². The Kier molecular flexibility index (Phi) is 3.95. The van der Waals surface area contributed by atoms with Gasteiger partial charge in [-0.2, -0.15) is 0 Å². The molecule has 0 aromatic heterocycles. The van der Waals surface area contributed by atoms with E-state index in [1.807, 2.05) is 0 Å². The number of alkyl halides is 1. The Morgan fingerprint density at radius 1 is 1.22 bits per heavy atom. The van der Waals surface area contributed by atoms with Gasteiger partial charge >= 0.3 is 0 Å². The zero-order valence-electron chi connectivity index (χ0n) is 16.3. The number of carbonyl (C=O) groups is 1. The van der Waals surface area contributed by atoms with E-state index >= 15 is 0 Å². The van der Waals surface area contributed by atoms with Crippen LogP contribution in [0, 0.1) is 16.7 Å². The van der Waals surface area contributed by atoms with Gasteiger partial charge in [-0.1, -0.05) is 43.7 Å². The van der Waals surface area contributed by atoms with E-state index in [9.17, 15) is 9.18 Å². The second kappa shape index (κ2) is 6.04. The van der Waals surface area contributed by atoms with Crippen molar-refractivity contribution in [2.24, 2.45) is 16.7 Å². The van der Waals surface area contributed by atoms with Crippen molar-refractivity contribution < 1.29 is 9.18 Å². The molecule has 1 saturated heterocycles.